The van der Waals surface area contributed by atoms with E-state index in [1.807, 2.05) is 20.2 Å². The first-order valence-corrected chi connectivity index (χ1v) is 5.51. The molecule has 0 spiro atoms. The highest BCUT2D eigenvalue weighted by molar-refractivity contribution is 5.81. The van der Waals surface area contributed by atoms with E-state index in [-0.39, 0.29) is 5.91 Å². The smallest absolute Gasteiger partial charge is 0.219 e. The second kappa shape index (κ2) is 4.39. The number of benzene rings is 1. The number of hydrogen-bond acceptors (Lipinski definition) is 1. The minimum Gasteiger partial charge on any atom is -0.352 e. The Morgan fingerprint density at radius 1 is 1.38 bits per heavy atom. The Balaban J connectivity index is 2.17. The molecule has 2 aromatic rings. The van der Waals surface area contributed by atoms with Crippen LogP contribution in [0.15, 0.2) is 30.5 Å². The summed E-state index contributed by atoms with van der Waals surface area (Å²) in [5.41, 5.74) is 2.35. The Morgan fingerprint density at radius 2 is 2.19 bits per heavy atom. The average molecular weight is 216 g/mol. The van der Waals surface area contributed by atoms with Crippen LogP contribution in [0.5, 0.6) is 0 Å². The van der Waals surface area contributed by atoms with Gasteiger partial charge in [-0.25, -0.2) is 0 Å². The quantitative estimate of drug-likeness (QED) is 0.838. The van der Waals surface area contributed by atoms with Gasteiger partial charge in [0.1, 0.15) is 0 Å². The normalized spacial score (nSPS) is 10.6. The van der Waals surface area contributed by atoms with Gasteiger partial charge in [0.15, 0.2) is 0 Å². The van der Waals surface area contributed by atoms with Crippen LogP contribution in [-0.4, -0.2) is 10.5 Å². The number of amides is 1. The van der Waals surface area contributed by atoms with Crippen LogP contribution in [0.4, 0.5) is 0 Å². The van der Waals surface area contributed by atoms with E-state index >= 15 is 0 Å². The van der Waals surface area contributed by atoms with Crippen LogP contribution in [0.1, 0.15) is 18.9 Å². The molecule has 3 heteroatoms. The Labute approximate surface area is 95.1 Å². The first-order chi connectivity index (χ1) is 7.70. The zero-order valence-corrected chi connectivity index (χ0v) is 9.66. The number of aromatic nitrogens is 1. The van der Waals surface area contributed by atoms with Crippen LogP contribution >= 0.6 is 0 Å². The van der Waals surface area contributed by atoms with Crippen LogP contribution in [0.2, 0.25) is 0 Å². The van der Waals surface area contributed by atoms with Crippen molar-refractivity contribution in [3.05, 3.63) is 36.0 Å². The van der Waals surface area contributed by atoms with Crippen molar-refractivity contribution in [2.45, 2.75) is 19.9 Å². The molecule has 1 N–H and O–H groups in total. The third-order valence-electron chi connectivity index (χ3n) is 2.76. The fourth-order valence-electron chi connectivity index (χ4n) is 1.77. The summed E-state index contributed by atoms with van der Waals surface area (Å²) in [5.74, 6) is 0.0909. The van der Waals surface area contributed by atoms with E-state index < -0.39 is 0 Å². The standard InChI is InChI=1S/C13H16N2O/c1-3-13(16)14-9-10-4-5-12-11(8-10)6-7-15(12)2/h4-8H,3,9H2,1-2H3,(H,14,16). The molecule has 0 atom stereocenters. The van der Waals surface area contributed by atoms with E-state index in [0.717, 1.165) is 5.56 Å². The predicted octanol–water partition coefficient (Wildman–Crippen LogP) is 2.20. The van der Waals surface area contributed by atoms with Crippen molar-refractivity contribution >= 4 is 16.8 Å². The first kappa shape index (κ1) is 10.7. The zero-order valence-electron chi connectivity index (χ0n) is 9.66. The zero-order chi connectivity index (χ0) is 11.5. The molecule has 0 saturated carbocycles. The lowest BCUT2D eigenvalue weighted by molar-refractivity contribution is -0.120. The highest BCUT2D eigenvalue weighted by Crippen LogP contribution is 2.16. The van der Waals surface area contributed by atoms with Crippen LogP contribution < -0.4 is 5.32 Å². The van der Waals surface area contributed by atoms with Crippen molar-refractivity contribution in [2.24, 2.45) is 7.05 Å². The Morgan fingerprint density at radius 3 is 2.94 bits per heavy atom. The molecule has 0 bridgehead atoms. The largest absolute Gasteiger partial charge is 0.352 e. The van der Waals surface area contributed by atoms with Gasteiger partial charge < -0.3 is 9.88 Å². The van der Waals surface area contributed by atoms with Gasteiger partial charge in [-0.3, -0.25) is 4.79 Å². The number of nitrogens with zero attached hydrogens (tertiary/aromatic N) is 1. The molecule has 0 radical (unpaired) electrons. The summed E-state index contributed by atoms with van der Waals surface area (Å²) in [6.07, 6.45) is 2.58. The fraction of sp³-hybridized carbons (Fsp3) is 0.308. The molecule has 0 fully saturated rings. The molecule has 0 unspecified atom stereocenters. The fourth-order valence-corrected chi connectivity index (χ4v) is 1.77. The lowest BCUT2D eigenvalue weighted by Gasteiger charge is -2.04. The molecule has 0 saturated heterocycles. The van der Waals surface area contributed by atoms with Gasteiger partial charge in [0.2, 0.25) is 5.91 Å². The van der Waals surface area contributed by atoms with Crippen molar-refractivity contribution in [2.75, 3.05) is 0 Å². The Kier molecular flexibility index (Phi) is 2.95. The third-order valence-corrected chi connectivity index (χ3v) is 2.76. The van der Waals surface area contributed by atoms with Crippen LogP contribution in [0.3, 0.4) is 0 Å². The van der Waals surface area contributed by atoms with E-state index in [1.165, 1.54) is 10.9 Å². The topological polar surface area (TPSA) is 34.0 Å². The number of hydrogen-bond donors (Lipinski definition) is 1. The average Bonchev–Trinajstić information content (AvgIpc) is 2.67. The minimum atomic E-state index is 0.0909. The molecular formula is C13H16N2O. The number of carbonyl (C=O) groups is 1. The maximum absolute atomic E-state index is 11.1. The second-order valence-electron chi connectivity index (χ2n) is 3.95. The number of carbonyl (C=O) groups excluding carboxylic acids is 1. The van der Waals surface area contributed by atoms with E-state index in [2.05, 4.69) is 34.1 Å². The Bertz CT molecular complexity index is 514. The van der Waals surface area contributed by atoms with Gasteiger partial charge in [-0.05, 0) is 29.1 Å². The molecule has 3 nitrogen and oxygen atoms in total. The van der Waals surface area contributed by atoms with Crippen molar-refractivity contribution in [1.29, 1.82) is 0 Å². The molecule has 0 aliphatic rings. The molecule has 0 aliphatic carbocycles. The van der Waals surface area contributed by atoms with E-state index in [0.29, 0.717) is 13.0 Å². The molecule has 0 aliphatic heterocycles. The van der Waals surface area contributed by atoms with Gasteiger partial charge in [-0.15, -0.1) is 0 Å². The van der Waals surface area contributed by atoms with Gasteiger partial charge >= 0.3 is 0 Å². The lowest BCUT2D eigenvalue weighted by Crippen LogP contribution is -2.21. The molecular weight excluding hydrogens is 200 g/mol. The summed E-state index contributed by atoms with van der Waals surface area (Å²) < 4.78 is 2.09. The summed E-state index contributed by atoms with van der Waals surface area (Å²) in [4.78, 5) is 11.1. The number of aryl methyl sites for hydroxylation is 1. The summed E-state index contributed by atoms with van der Waals surface area (Å²) in [6.45, 7) is 2.47. The van der Waals surface area contributed by atoms with Gasteiger partial charge in [0.25, 0.3) is 0 Å². The van der Waals surface area contributed by atoms with Crippen molar-refractivity contribution in [3.8, 4) is 0 Å². The van der Waals surface area contributed by atoms with Gasteiger partial charge in [0.05, 0.1) is 0 Å². The number of fused-ring (bicyclic) bond motifs is 1. The molecule has 2 rings (SSSR count). The second-order valence-corrected chi connectivity index (χ2v) is 3.95. The summed E-state index contributed by atoms with van der Waals surface area (Å²) in [6, 6.07) is 8.34. The first-order valence-electron chi connectivity index (χ1n) is 5.51. The maximum atomic E-state index is 11.1. The monoisotopic (exact) mass is 216 g/mol. The number of nitrogens with one attached hydrogen (secondary N) is 1. The summed E-state index contributed by atoms with van der Waals surface area (Å²) >= 11 is 0. The summed E-state index contributed by atoms with van der Waals surface area (Å²) in [7, 11) is 2.03. The molecule has 16 heavy (non-hydrogen) atoms. The highest BCUT2D eigenvalue weighted by atomic mass is 16.1. The molecule has 1 aromatic carbocycles. The van der Waals surface area contributed by atoms with Crippen LogP contribution in [0, 0.1) is 0 Å². The highest BCUT2D eigenvalue weighted by Gasteiger charge is 2.01. The van der Waals surface area contributed by atoms with E-state index in [9.17, 15) is 4.79 Å². The Hall–Kier alpha value is -1.77. The lowest BCUT2D eigenvalue weighted by atomic mass is 10.1. The molecule has 1 aromatic heterocycles. The predicted molar refractivity (Wildman–Crippen MR) is 65.1 cm³/mol. The van der Waals surface area contributed by atoms with Gasteiger partial charge in [-0.1, -0.05) is 13.0 Å². The molecule has 1 heterocycles. The van der Waals surface area contributed by atoms with Crippen LogP contribution in [-0.2, 0) is 18.4 Å². The number of rotatable bonds is 3. The van der Waals surface area contributed by atoms with E-state index in [1.54, 1.807) is 0 Å². The maximum Gasteiger partial charge on any atom is 0.219 e. The third kappa shape index (κ3) is 2.08. The summed E-state index contributed by atoms with van der Waals surface area (Å²) in [5, 5.41) is 4.09. The van der Waals surface area contributed by atoms with Crippen molar-refractivity contribution < 1.29 is 4.79 Å². The molecule has 1 amide bonds. The van der Waals surface area contributed by atoms with Gasteiger partial charge in [-0.2, -0.15) is 0 Å². The van der Waals surface area contributed by atoms with E-state index in [4.69, 9.17) is 0 Å². The van der Waals surface area contributed by atoms with Crippen LogP contribution in [0.25, 0.3) is 10.9 Å². The van der Waals surface area contributed by atoms with Gasteiger partial charge in [0, 0.05) is 31.7 Å². The van der Waals surface area contributed by atoms with Crippen molar-refractivity contribution in [3.63, 3.8) is 0 Å². The van der Waals surface area contributed by atoms with Crippen molar-refractivity contribution in [1.82, 2.24) is 9.88 Å². The SMILES string of the molecule is CCC(=O)NCc1ccc2c(ccn2C)c1. The minimum absolute atomic E-state index is 0.0909. The molecule has 84 valence electrons.